The molecule has 17 heavy (non-hydrogen) atoms. The molecule has 0 radical (unpaired) electrons. The third-order valence-electron chi connectivity index (χ3n) is 2.57. The molecule has 0 saturated heterocycles. The highest BCUT2D eigenvalue weighted by Gasteiger charge is 2.12. The Labute approximate surface area is 107 Å². The summed E-state index contributed by atoms with van der Waals surface area (Å²) in [6.07, 6.45) is -0.645. The second-order valence-corrected chi connectivity index (χ2v) is 4.81. The second-order valence-electron chi connectivity index (χ2n) is 3.96. The molecule has 4 heteroatoms. The maximum atomic E-state index is 13.3. The number of aryl methyl sites for hydroxylation is 1. The van der Waals surface area contributed by atoms with Gasteiger partial charge in [-0.1, -0.05) is 0 Å². The van der Waals surface area contributed by atoms with Gasteiger partial charge in [-0.15, -0.1) is 0 Å². The van der Waals surface area contributed by atoms with Crippen LogP contribution in [0.2, 0.25) is 0 Å². The molecule has 0 bridgehead atoms. The van der Waals surface area contributed by atoms with Gasteiger partial charge in [0.05, 0.1) is 4.47 Å². The maximum Gasteiger partial charge on any atom is 0.137 e. The quantitative estimate of drug-likeness (QED) is 0.901. The molecule has 0 saturated carbocycles. The normalized spacial score (nSPS) is 12.8. The third-order valence-corrected chi connectivity index (χ3v) is 3.18. The van der Waals surface area contributed by atoms with Crippen molar-refractivity contribution in [3.63, 3.8) is 0 Å². The van der Waals surface area contributed by atoms with Crippen LogP contribution in [0.5, 0.6) is 0 Å². The average molecular weight is 299 g/mol. The number of hydrogen-bond donors (Lipinski definition) is 1. The summed E-state index contributed by atoms with van der Waals surface area (Å²) in [4.78, 5) is 0. The lowest BCUT2D eigenvalue weighted by atomic mass is 10.1. The van der Waals surface area contributed by atoms with Crippen LogP contribution in [0, 0.1) is 12.7 Å². The number of aliphatic hydroxyl groups is 1. The van der Waals surface area contributed by atoms with Gasteiger partial charge in [-0.2, -0.15) is 0 Å². The first-order chi connectivity index (χ1) is 7.99. The molecule has 0 aliphatic heterocycles. The molecule has 90 valence electrons. The average Bonchev–Trinajstić information content (AvgIpc) is 2.72. The number of halogens is 2. The van der Waals surface area contributed by atoms with Crippen LogP contribution >= 0.6 is 15.9 Å². The van der Waals surface area contributed by atoms with Gasteiger partial charge in [-0.3, -0.25) is 0 Å². The van der Waals surface area contributed by atoms with Gasteiger partial charge < -0.3 is 9.52 Å². The van der Waals surface area contributed by atoms with Crippen LogP contribution < -0.4 is 0 Å². The fourth-order valence-electron chi connectivity index (χ4n) is 1.63. The zero-order valence-electron chi connectivity index (χ0n) is 9.50. The summed E-state index contributed by atoms with van der Waals surface area (Å²) in [6, 6.07) is 6.62. The number of hydrogen-bond acceptors (Lipinski definition) is 2. The van der Waals surface area contributed by atoms with Crippen molar-refractivity contribution in [1.82, 2.24) is 0 Å². The van der Waals surface area contributed by atoms with E-state index < -0.39 is 6.10 Å². The highest BCUT2D eigenvalue weighted by Crippen LogP contribution is 2.31. The summed E-state index contributed by atoms with van der Waals surface area (Å²) < 4.78 is 19.2. The van der Waals surface area contributed by atoms with E-state index in [0.717, 1.165) is 11.1 Å². The molecule has 0 amide bonds. The highest BCUT2D eigenvalue weighted by molar-refractivity contribution is 9.10. The highest BCUT2D eigenvalue weighted by atomic mass is 79.9. The van der Waals surface area contributed by atoms with Gasteiger partial charge in [0.1, 0.15) is 23.4 Å². The summed E-state index contributed by atoms with van der Waals surface area (Å²) in [5.41, 5.74) is 1.60. The topological polar surface area (TPSA) is 33.4 Å². The minimum atomic E-state index is -0.645. The lowest BCUT2D eigenvalue weighted by Gasteiger charge is -2.05. The molecular formula is C13H12BrFO2. The van der Waals surface area contributed by atoms with Crippen molar-refractivity contribution in [2.24, 2.45) is 0 Å². The van der Waals surface area contributed by atoms with E-state index in [9.17, 15) is 9.50 Å². The Bertz CT molecular complexity index is 546. The van der Waals surface area contributed by atoms with E-state index in [-0.39, 0.29) is 5.82 Å². The Morgan fingerprint density at radius 3 is 2.65 bits per heavy atom. The van der Waals surface area contributed by atoms with E-state index in [1.807, 2.05) is 6.92 Å². The van der Waals surface area contributed by atoms with Gasteiger partial charge in [0.15, 0.2) is 0 Å². The molecule has 2 aromatic rings. The van der Waals surface area contributed by atoms with Crippen molar-refractivity contribution >= 4 is 15.9 Å². The number of rotatable bonds is 2. The SMILES string of the molecule is Cc1cc(F)c(Br)cc1-c1ccc(C(C)O)o1. The van der Waals surface area contributed by atoms with Gasteiger partial charge in [0, 0.05) is 5.56 Å². The van der Waals surface area contributed by atoms with E-state index in [0.29, 0.717) is 16.0 Å². The van der Waals surface area contributed by atoms with Crippen LogP contribution in [0.1, 0.15) is 24.4 Å². The predicted octanol–water partition coefficient (Wildman–Crippen LogP) is 4.21. The summed E-state index contributed by atoms with van der Waals surface area (Å²) in [7, 11) is 0. The van der Waals surface area contributed by atoms with Crippen LogP contribution in [-0.2, 0) is 0 Å². The molecular weight excluding hydrogens is 287 g/mol. The summed E-state index contributed by atoms with van der Waals surface area (Å²) in [6.45, 7) is 3.45. The molecule has 1 heterocycles. The fourth-order valence-corrected chi connectivity index (χ4v) is 1.98. The lowest BCUT2D eigenvalue weighted by molar-refractivity contribution is 0.170. The Morgan fingerprint density at radius 1 is 1.35 bits per heavy atom. The summed E-state index contributed by atoms with van der Waals surface area (Å²) in [5.74, 6) is 0.826. The van der Waals surface area contributed by atoms with Crippen LogP contribution in [0.15, 0.2) is 33.2 Å². The Hall–Kier alpha value is -1.13. The van der Waals surface area contributed by atoms with Crippen molar-refractivity contribution in [2.45, 2.75) is 20.0 Å². The fraction of sp³-hybridized carbons (Fsp3) is 0.231. The van der Waals surface area contributed by atoms with E-state index >= 15 is 0 Å². The molecule has 0 aliphatic carbocycles. The maximum absolute atomic E-state index is 13.3. The molecule has 1 aromatic carbocycles. The van der Waals surface area contributed by atoms with Crippen LogP contribution in [0.4, 0.5) is 4.39 Å². The molecule has 2 nitrogen and oxygen atoms in total. The standard InChI is InChI=1S/C13H12BrFO2/c1-7-5-11(15)10(14)6-9(7)13-4-3-12(17-13)8(2)16/h3-6,8,16H,1-2H3. The van der Waals surface area contributed by atoms with Crippen molar-refractivity contribution < 1.29 is 13.9 Å². The first-order valence-electron chi connectivity index (χ1n) is 5.23. The Morgan fingerprint density at radius 2 is 2.06 bits per heavy atom. The predicted molar refractivity (Wildman–Crippen MR) is 67.2 cm³/mol. The molecule has 2 rings (SSSR count). The molecule has 0 spiro atoms. The van der Waals surface area contributed by atoms with E-state index in [2.05, 4.69) is 15.9 Å². The summed E-state index contributed by atoms with van der Waals surface area (Å²) in [5, 5.41) is 9.39. The summed E-state index contributed by atoms with van der Waals surface area (Å²) >= 11 is 3.15. The number of furan rings is 1. The van der Waals surface area contributed by atoms with Gasteiger partial charge >= 0.3 is 0 Å². The van der Waals surface area contributed by atoms with Crippen molar-refractivity contribution in [3.05, 3.63) is 45.9 Å². The molecule has 1 aromatic heterocycles. The van der Waals surface area contributed by atoms with E-state index in [1.165, 1.54) is 6.07 Å². The van der Waals surface area contributed by atoms with E-state index in [4.69, 9.17) is 4.42 Å². The van der Waals surface area contributed by atoms with Crippen molar-refractivity contribution in [1.29, 1.82) is 0 Å². The third kappa shape index (κ3) is 2.42. The minimum Gasteiger partial charge on any atom is -0.458 e. The largest absolute Gasteiger partial charge is 0.458 e. The van der Waals surface area contributed by atoms with Crippen LogP contribution in [0.3, 0.4) is 0 Å². The van der Waals surface area contributed by atoms with Crippen LogP contribution in [0.25, 0.3) is 11.3 Å². The Balaban J connectivity index is 2.49. The minimum absolute atomic E-state index is 0.298. The Kier molecular flexibility index (Phi) is 3.35. The second kappa shape index (κ2) is 4.63. The van der Waals surface area contributed by atoms with Gasteiger partial charge in [-0.05, 0) is 59.6 Å². The van der Waals surface area contributed by atoms with Gasteiger partial charge in [0.2, 0.25) is 0 Å². The molecule has 1 unspecified atom stereocenters. The molecule has 1 N–H and O–H groups in total. The molecule has 0 fully saturated rings. The molecule has 0 aliphatic rings. The first-order valence-corrected chi connectivity index (χ1v) is 6.02. The van der Waals surface area contributed by atoms with Crippen molar-refractivity contribution in [2.75, 3.05) is 0 Å². The number of benzene rings is 1. The van der Waals surface area contributed by atoms with Gasteiger partial charge in [0.25, 0.3) is 0 Å². The monoisotopic (exact) mass is 298 g/mol. The molecule has 1 atom stereocenters. The number of aliphatic hydroxyl groups excluding tert-OH is 1. The van der Waals surface area contributed by atoms with Crippen molar-refractivity contribution in [3.8, 4) is 11.3 Å². The zero-order valence-corrected chi connectivity index (χ0v) is 11.1. The lowest BCUT2D eigenvalue weighted by Crippen LogP contribution is -1.87. The van der Waals surface area contributed by atoms with E-state index in [1.54, 1.807) is 25.1 Å². The smallest absolute Gasteiger partial charge is 0.137 e. The van der Waals surface area contributed by atoms with Gasteiger partial charge in [-0.25, -0.2) is 4.39 Å². The zero-order chi connectivity index (χ0) is 12.6. The van der Waals surface area contributed by atoms with Crippen LogP contribution in [-0.4, -0.2) is 5.11 Å². The first kappa shape index (κ1) is 12.3.